The third kappa shape index (κ3) is 9.50. The Labute approximate surface area is 136 Å². The zero-order chi connectivity index (χ0) is 13.8. The number of aliphatic hydroxyl groups is 1. The standard InChI is InChI=1S/C12H14O2.C5H5.Rh/c1-14-12-8-6-11(7-9-12)5-3-2-4-10-13;1-2-4-5-3-1;/h2-9,13H,10H2,1H3;1-5H;. The van der Waals surface area contributed by atoms with Gasteiger partial charge in [0.25, 0.3) is 0 Å². The first-order valence-electron chi connectivity index (χ1n) is 6.11. The second-order valence-electron chi connectivity index (χ2n) is 3.71. The molecule has 0 saturated heterocycles. The summed E-state index contributed by atoms with van der Waals surface area (Å²) in [7, 11) is 1.65. The third-order valence-electron chi connectivity index (χ3n) is 2.31. The summed E-state index contributed by atoms with van der Waals surface area (Å²) in [6.45, 7) is 0.0763. The first-order valence-corrected chi connectivity index (χ1v) is 6.11. The van der Waals surface area contributed by atoms with Crippen molar-refractivity contribution >= 4 is 0 Å². The molecule has 0 aromatic heterocycles. The Bertz CT molecular complexity index is 300. The maximum Gasteiger partial charge on any atom is 0.118 e. The summed E-state index contributed by atoms with van der Waals surface area (Å²) in [6, 6.07) is 7.77. The molecule has 0 heterocycles. The van der Waals surface area contributed by atoms with Crippen molar-refractivity contribution in [1.82, 2.24) is 0 Å². The van der Waals surface area contributed by atoms with Crippen molar-refractivity contribution in [3.63, 3.8) is 0 Å². The van der Waals surface area contributed by atoms with Gasteiger partial charge in [0.1, 0.15) is 5.75 Å². The Kier molecular flexibility index (Phi) is 13.3. The van der Waals surface area contributed by atoms with E-state index in [9.17, 15) is 0 Å². The van der Waals surface area contributed by atoms with Crippen molar-refractivity contribution in [2.45, 2.75) is 0 Å². The molecule has 2 nitrogen and oxygen atoms in total. The van der Waals surface area contributed by atoms with Crippen LogP contribution in [0.3, 0.4) is 0 Å². The third-order valence-corrected chi connectivity index (χ3v) is 2.31. The number of benzene rings is 1. The number of rotatable bonds is 6. The average Bonchev–Trinajstić information content (AvgIpc) is 3.04. The monoisotopic (exact) mass is 358 g/mol. The van der Waals surface area contributed by atoms with Gasteiger partial charge in [0.05, 0.1) is 7.11 Å². The molecule has 1 aliphatic rings. The molecule has 0 spiro atoms. The van der Waals surface area contributed by atoms with Gasteiger partial charge in [-0.05, 0) is 75.5 Å². The van der Waals surface area contributed by atoms with Crippen LogP contribution in [0, 0.1) is 57.8 Å². The molecule has 1 N–H and O–H groups in total. The fourth-order valence-corrected chi connectivity index (χ4v) is 1.34. The van der Waals surface area contributed by atoms with Gasteiger partial charge >= 0.3 is 0 Å². The van der Waals surface area contributed by atoms with Crippen LogP contribution < -0.4 is 4.74 Å². The molecule has 10 radical (unpaired) electrons. The predicted molar refractivity (Wildman–Crippen MR) is 77.9 cm³/mol. The van der Waals surface area contributed by atoms with Crippen LogP contribution >= 0.6 is 0 Å². The largest absolute Gasteiger partial charge is 0.497 e. The Morgan fingerprint density at radius 1 is 0.950 bits per heavy atom. The SMILES string of the molecule is COc1ccc([CH][CH][CH][CH]CO)cc1.[CH]1[CH][CH][CH][CH]1.[Rh]. The topological polar surface area (TPSA) is 29.5 Å². The number of unbranched alkanes of at least 4 members (excludes halogenated alkanes) is 2. The van der Waals surface area contributed by atoms with Gasteiger partial charge in [0, 0.05) is 26.1 Å². The number of methoxy groups -OCH3 is 1. The number of hydrogen-bond donors (Lipinski definition) is 1. The second-order valence-corrected chi connectivity index (χ2v) is 3.71. The first-order chi connectivity index (χ1) is 9.36. The van der Waals surface area contributed by atoms with Crippen molar-refractivity contribution in [3.05, 3.63) is 87.6 Å². The molecule has 108 valence electrons. The van der Waals surface area contributed by atoms with E-state index in [-0.39, 0.29) is 26.1 Å². The van der Waals surface area contributed by atoms with Gasteiger partial charge in [-0.15, -0.1) is 0 Å². The summed E-state index contributed by atoms with van der Waals surface area (Å²) in [5.41, 5.74) is 1.10. The molecule has 3 heteroatoms. The van der Waals surface area contributed by atoms with E-state index in [0.717, 1.165) is 11.3 Å². The van der Waals surface area contributed by atoms with Gasteiger partial charge in [-0.2, -0.15) is 0 Å². The van der Waals surface area contributed by atoms with Gasteiger partial charge in [0.2, 0.25) is 0 Å². The van der Waals surface area contributed by atoms with Gasteiger partial charge < -0.3 is 9.84 Å². The molecule has 0 unspecified atom stereocenters. The van der Waals surface area contributed by atoms with Crippen molar-refractivity contribution < 1.29 is 29.3 Å². The summed E-state index contributed by atoms with van der Waals surface area (Å²) in [4.78, 5) is 0. The number of ether oxygens (including phenoxy) is 1. The van der Waals surface area contributed by atoms with E-state index >= 15 is 0 Å². The molecular weight excluding hydrogens is 339 g/mol. The van der Waals surface area contributed by atoms with Crippen molar-refractivity contribution in [1.29, 1.82) is 0 Å². The first kappa shape index (κ1) is 19.6. The Morgan fingerprint density at radius 3 is 1.95 bits per heavy atom. The van der Waals surface area contributed by atoms with Crippen LogP contribution in [0.5, 0.6) is 5.75 Å². The molecule has 1 fully saturated rings. The van der Waals surface area contributed by atoms with Crippen molar-refractivity contribution in [2.75, 3.05) is 13.7 Å². The van der Waals surface area contributed by atoms with Crippen LogP contribution in [-0.2, 0) is 19.5 Å². The van der Waals surface area contributed by atoms with E-state index in [2.05, 4.69) is 0 Å². The van der Waals surface area contributed by atoms with Crippen LogP contribution in [0.15, 0.2) is 24.3 Å². The molecule has 1 aromatic rings. The molecule has 0 aliphatic heterocycles. The zero-order valence-corrected chi connectivity index (χ0v) is 13.0. The summed E-state index contributed by atoms with van der Waals surface area (Å²) in [6.07, 6.45) is 17.3. The fraction of sp³-hybridized carbons (Fsp3) is 0.118. The summed E-state index contributed by atoms with van der Waals surface area (Å²) >= 11 is 0. The summed E-state index contributed by atoms with van der Waals surface area (Å²) < 4.78 is 5.04. The molecule has 20 heavy (non-hydrogen) atoms. The van der Waals surface area contributed by atoms with E-state index in [0.29, 0.717) is 0 Å². The maximum atomic E-state index is 8.49. The average molecular weight is 358 g/mol. The Balaban J connectivity index is 0.000000507. The predicted octanol–water partition coefficient (Wildman–Crippen LogP) is 2.87. The minimum Gasteiger partial charge on any atom is -0.497 e. The van der Waals surface area contributed by atoms with Gasteiger partial charge in [-0.1, -0.05) is 12.1 Å². The maximum absolute atomic E-state index is 8.49. The van der Waals surface area contributed by atoms with Crippen molar-refractivity contribution in [2.24, 2.45) is 0 Å². The fourth-order valence-electron chi connectivity index (χ4n) is 1.34. The van der Waals surface area contributed by atoms with E-state index < -0.39 is 0 Å². The quantitative estimate of drug-likeness (QED) is 0.626. The molecule has 1 saturated carbocycles. The van der Waals surface area contributed by atoms with E-state index in [4.69, 9.17) is 9.84 Å². The van der Waals surface area contributed by atoms with Gasteiger partial charge in [0.15, 0.2) is 0 Å². The molecule has 0 amide bonds. The minimum absolute atomic E-state index is 0. The second kappa shape index (κ2) is 13.6. The van der Waals surface area contributed by atoms with Crippen LogP contribution in [0.25, 0.3) is 0 Å². The van der Waals surface area contributed by atoms with E-state index in [1.165, 1.54) is 0 Å². The van der Waals surface area contributed by atoms with Crippen LogP contribution in [0.2, 0.25) is 0 Å². The van der Waals surface area contributed by atoms with Gasteiger partial charge in [-0.3, -0.25) is 0 Å². The summed E-state index contributed by atoms with van der Waals surface area (Å²) in [5, 5.41) is 8.49. The van der Waals surface area contributed by atoms with Crippen LogP contribution in [0.1, 0.15) is 5.56 Å². The van der Waals surface area contributed by atoms with E-state index in [1.54, 1.807) is 13.5 Å². The molecule has 1 aromatic carbocycles. The van der Waals surface area contributed by atoms with Crippen LogP contribution in [-0.4, -0.2) is 18.8 Å². The molecule has 0 bridgehead atoms. The normalized spacial score (nSPS) is 13.1. The number of aliphatic hydroxyl groups excluding tert-OH is 1. The summed E-state index contributed by atoms with van der Waals surface area (Å²) in [5.74, 6) is 0.855. The molecule has 2 rings (SSSR count). The minimum atomic E-state index is 0. The molecular formula is C17H19O2Rh. The van der Waals surface area contributed by atoms with E-state index in [1.807, 2.05) is 75.6 Å². The number of hydrogen-bond acceptors (Lipinski definition) is 2. The Hall–Kier alpha value is -0.397. The van der Waals surface area contributed by atoms with Gasteiger partial charge in [-0.25, -0.2) is 0 Å². The van der Waals surface area contributed by atoms with Crippen LogP contribution in [0.4, 0.5) is 0 Å². The zero-order valence-electron chi connectivity index (χ0n) is 11.4. The van der Waals surface area contributed by atoms with Crippen molar-refractivity contribution in [3.8, 4) is 5.75 Å². The smallest absolute Gasteiger partial charge is 0.118 e. The molecule has 0 atom stereocenters. The molecule has 1 aliphatic carbocycles. The Morgan fingerprint density at radius 2 is 1.50 bits per heavy atom.